The van der Waals surface area contributed by atoms with E-state index < -0.39 is 349 Å². The van der Waals surface area contributed by atoms with E-state index in [-0.39, 0.29) is 52.9 Å². The van der Waals surface area contributed by atoms with Crippen LogP contribution in [0.3, 0.4) is 0 Å². The quantitative estimate of drug-likeness (QED) is 0.0214. The molecule has 0 saturated heterocycles. The van der Waals surface area contributed by atoms with E-state index in [4.69, 9.17) is 61.2 Å². The second-order valence-electron chi connectivity index (χ2n) is 27.4. The summed E-state index contributed by atoms with van der Waals surface area (Å²) in [5.41, 5.74) is -18.5. The fourth-order valence-corrected chi connectivity index (χ4v) is 13.5. The maximum Gasteiger partial charge on any atom is 2.00 e. The van der Waals surface area contributed by atoms with E-state index in [9.17, 15) is 43.9 Å². The second-order valence-corrected chi connectivity index (χ2v) is 27.4. The molecule has 10 nitrogen and oxygen atoms in total. The molecule has 0 fully saturated rings. The summed E-state index contributed by atoms with van der Waals surface area (Å²) in [6.45, 7) is -11.1. The molecule has 10 aromatic carbocycles. The fourth-order valence-electron chi connectivity index (χ4n) is 13.5. The Kier molecular flexibility index (Phi) is 25.7. The minimum absolute atomic E-state index is 0. The minimum Gasteiger partial charge on any atom is -0.657 e. The molecule has 0 spiro atoms. The zero-order valence-electron chi connectivity index (χ0n) is 64.2. The average Bonchev–Trinajstić information content (AvgIpc) is 1.70. The van der Waals surface area contributed by atoms with Gasteiger partial charge in [0.25, 0.3) is 0 Å². The first-order valence-electron chi connectivity index (χ1n) is 36.2. The topological polar surface area (TPSA) is 109 Å². The van der Waals surface area contributed by atoms with Gasteiger partial charge in [0.1, 0.15) is 74.1 Å². The van der Waals surface area contributed by atoms with E-state index in [1.165, 1.54) is 48.5 Å². The summed E-state index contributed by atoms with van der Waals surface area (Å²) >= 11 is 0. The first-order chi connectivity index (χ1) is 61.8. The SMILES string of the molecule is C#Cc1ccc(-c2c3nc(c(-c4c(OCc5c(F)c(F)c(F)c(F)c5F)cc(OCc5c(F)c(F)c(F)c(F)c5F)cc4OCc4c(F)c(F)c(F)c(F)c4F)c4ccc([n-]4)c(-c4ccc(C#C)cc4)c4nc(c(-c5c(OCc6c(F)c(F)c(F)c(F)c6F)cc(OCc6c(F)c(F)c(F)c(F)c6F)cc5OCc5c(F)c(F)c(F)c(F)c5F)c5ccc2[n-]5)C=C4)C=C3)cc1.[Zn+2]. The number of aromatic nitrogens is 4. The molecule has 2 aliphatic heterocycles. The van der Waals surface area contributed by atoms with Crippen molar-refractivity contribution in [1.29, 1.82) is 0 Å². The maximum absolute atomic E-state index is 16.0. The van der Waals surface area contributed by atoms with Crippen LogP contribution in [0.2, 0.25) is 0 Å². The number of nitrogens with zero attached hydrogens (tertiary/aromatic N) is 4. The normalized spacial score (nSPS) is 11.6. The molecule has 2 aliphatic rings. The van der Waals surface area contributed by atoms with Crippen molar-refractivity contribution >= 4 is 46.4 Å². The summed E-state index contributed by atoms with van der Waals surface area (Å²) in [7, 11) is 0. The number of halogens is 30. The fraction of sp³-hybridized carbons (Fsp3) is 0.0667. The summed E-state index contributed by atoms with van der Waals surface area (Å²) in [6.07, 6.45) is 15.9. The smallest absolute Gasteiger partial charge is 0.657 e. The van der Waals surface area contributed by atoms with Gasteiger partial charge in [-0.15, -0.1) is 34.9 Å². The van der Waals surface area contributed by atoms with Gasteiger partial charge in [-0.05, 0) is 70.8 Å². The third-order valence-corrected chi connectivity index (χ3v) is 19.9. The number of rotatable bonds is 22. The Morgan fingerprint density at radius 3 is 0.595 bits per heavy atom. The first kappa shape index (κ1) is 92.4. The van der Waals surface area contributed by atoms with Crippen LogP contribution in [-0.2, 0) is 59.1 Å². The monoisotopic (exact) mass is 1900 g/mol. The molecule has 13 aromatic rings. The third kappa shape index (κ3) is 16.5. The molecule has 0 amide bonds. The summed E-state index contributed by atoms with van der Waals surface area (Å²) in [5, 5.41) is 0. The van der Waals surface area contributed by atoms with Gasteiger partial charge < -0.3 is 38.4 Å². The first-order valence-corrected chi connectivity index (χ1v) is 36.2. The number of hydrogen-bond donors (Lipinski definition) is 0. The Hall–Kier alpha value is -14.8. The van der Waals surface area contributed by atoms with Gasteiger partial charge in [-0.2, -0.15) is 0 Å². The van der Waals surface area contributed by atoms with Gasteiger partial charge in [0, 0.05) is 46.5 Å². The Bertz CT molecular complexity index is 6560. The predicted molar refractivity (Wildman–Crippen MR) is 398 cm³/mol. The van der Waals surface area contributed by atoms with E-state index in [0.717, 1.165) is 48.6 Å². The Morgan fingerprint density at radius 1 is 0.221 bits per heavy atom. The van der Waals surface area contributed by atoms with Crippen LogP contribution in [0.4, 0.5) is 132 Å². The van der Waals surface area contributed by atoms with Gasteiger partial charge in [0.05, 0.1) is 67.3 Å². The molecule has 41 heteroatoms. The summed E-state index contributed by atoms with van der Waals surface area (Å²) in [5.74, 6) is -80.6. The molecular weight excluding hydrogens is 1870 g/mol. The van der Waals surface area contributed by atoms with Crippen LogP contribution in [0.1, 0.15) is 67.3 Å². The van der Waals surface area contributed by atoms with E-state index in [2.05, 4.69) is 11.8 Å². The number of ether oxygens (including phenoxy) is 6. The van der Waals surface area contributed by atoms with E-state index in [1.54, 1.807) is 0 Å². The van der Waals surface area contributed by atoms with Gasteiger partial charge in [0.2, 0.25) is 34.9 Å². The Balaban J connectivity index is 0.0000138. The number of fused-ring (bicyclic) bond motifs is 8. The van der Waals surface area contributed by atoms with Crippen LogP contribution in [0.25, 0.3) is 90.9 Å². The molecule has 0 atom stereocenters. The molecule has 5 heterocycles. The van der Waals surface area contributed by atoms with Crippen molar-refractivity contribution in [3.63, 3.8) is 0 Å². The molecule has 131 heavy (non-hydrogen) atoms. The van der Waals surface area contributed by atoms with Crippen molar-refractivity contribution in [3.8, 4) is 104 Å². The van der Waals surface area contributed by atoms with Gasteiger partial charge in [-0.25, -0.2) is 142 Å². The minimum atomic E-state index is -2.73. The van der Waals surface area contributed by atoms with Crippen molar-refractivity contribution in [1.82, 2.24) is 19.9 Å². The molecule has 0 aliphatic carbocycles. The maximum atomic E-state index is 16.0. The number of benzene rings is 10. The van der Waals surface area contributed by atoms with Crippen molar-refractivity contribution in [3.05, 3.63) is 339 Å². The molecule has 0 radical (unpaired) electrons. The summed E-state index contributed by atoms with van der Waals surface area (Å²) in [4.78, 5) is 19.5. The molecule has 8 bridgehead atoms. The predicted octanol–water partition coefficient (Wildman–Crippen LogP) is 24.2. The number of hydrogen-bond acceptors (Lipinski definition) is 8. The van der Waals surface area contributed by atoms with Crippen molar-refractivity contribution in [2.45, 2.75) is 39.6 Å². The van der Waals surface area contributed by atoms with Gasteiger partial charge in [-0.1, -0.05) is 60.4 Å². The van der Waals surface area contributed by atoms with Crippen molar-refractivity contribution in [2.24, 2.45) is 0 Å². The van der Waals surface area contributed by atoms with E-state index in [0.29, 0.717) is 24.3 Å². The Labute approximate surface area is 725 Å². The van der Waals surface area contributed by atoms with Crippen molar-refractivity contribution < 1.29 is 180 Å². The summed E-state index contributed by atoms with van der Waals surface area (Å²) < 4.78 is 493. The van der Waals surface area contributed by atoms with Crippen LogP contribution in [0, 0.1) is 199 Å². The second kappa shape index (κ2) is 36.4. The molecular formula is C90H34F30N4O6Zn. The standard InChI is InChI=1S/C90H34F30N4O6.Zn/c1-3-31-5-9-33(10-6-31)55-43-13-17-47(121-43)57(59-51(127-27-39-65(95)77(107)87(117)78(108)66(39)96)21-35(125-25-37-61(91)73(103)85(115)74(104)62(37)92)22-52(59)128-28-40-67(97)79(109)88(118)80(110)68(40)98)49-19-15-45(123-49)56(34-11-7-32(4-2)8-12-34)46-16-20-50(124-46)58(48-18-14-44(55)122-48)60-53(129-29-41-69(99)81(111)89(119)82(112)70(41)100)23-36(126-26-38-63(93)75(105)86(116)76(106)64(38)94)24-54(60)130-30-42-71(101)83(113)90(120)84(114)72(42)102;/h1-2,5-24H,25-30H2;/q-2;+2. The molecule has 0 saturated carbocycles. The average molecular weight is 1900 g/mol. The van der Waals surface area contributed by atoms with Crippen LogP contribution in [0.15, 0.2) is 97.1 Å². The van der Waals surface area contributed by atoms with Crippen LogP contribution < -0.4 is 38.4 Å². The molecule has 0 N–H and O–H groups in total. The summed E-state index contributed by atoms with van der Waals surface area (Å²) in [6, 6.07) is 16.7. The van der Waals surface area contributed by atoms with Crippen LogP contribution in [-0.4, -0.2) is 9.97 Å². The van der Waals surface area contributed by atoms with Crippen molar-refractivity contribution in [2.75, 3.05) is 0 Å². The molecule has 15 rings (SSSR count). The third-order valence-electron chi connectivity index (χ3n) is 19.9. The van der Waals surface area contributed by atoms with Gasteiger partial charge >= 0.3 is 19.5 Å². The van der Waals surface area contributed by atoms with Gasteiger partial charge in [0.15, 0.2) is 140 Å². The Morgan fingerprint density at radius 2 is 0.397 bits per heavy atom. The van der Waals surface area contributed by atoms with Crippen LogP contribution in [0.5, 0.6) is 34.5 Å². The molecule has 3 aromatic heterocycles. The molecule has 662 valence electrons. The van der Waals surface area contributed by atoms with E-state index >= 15 is 87.8 Å². The van der Waals surface area contributed by atoms with E-state index in [1.807, 2.05) is 0 Å². The zero-order valence-corrected chi connectivity index (χ0v) is 67.2. The number of terminal acetylenes is 2. The largest absolute Gasteiger partial charge is 2.00 e. The molecule has 0 unspecified atom stereocenters. The van der Waals surface area contributed by atoms with Crippen LogP contribution >= 0.6 is 0 Å². The van der Waals surface area contributed by atoms with Gasteiger partial charge in [-0.3, -0.25) is 0 Å². The zero-order chi connectivity index (χ0) is 93.5.